The van der Waals surface area contributed by atoms with E-state index < -0.39 is 12.0 Å². The minimum atomic E-state index is -0.967. The van der Waals surface area contributed by atoms with Crippen LogP contribution in [0.15, 0.2) is 0 Å². The molecule has 4 bridgehead atoms. The number of amides is 2. The van der Waals surface area contributed by atoms with E-state index in [9.17, 15) is 14.7 Å². The molecule has 1 atom stereocenters. The third-order valence-corrected chi connectivity index (χ3v) is 5.64. The Bertz CT molecular complexity index is 412. The highest BCUT2D eigenvalue weighted by atomic mass is 16.4. The van der Waals surface area contributed by atoms with Crippen LogP contribution >= 0.6 is 0 Å². The first-order valence-electron chi connectivity index (χ1n) is 8.18. The Labute approximate surface area is 125 Å². The van der Waals surface area contributed by atoms with Crippen molar-refractivity contribution in [3.8, 4) is 0 Å². The summed E-state index contributed by atoms with van der Waals surface area (Å²) < 4.78 is 0. The number of hydrogen-bond donors (Lipinski definition) is 3. The molecule has 4 rings (SSSR count). The van der Waals surface area contributed by atoms with Crippen LogP contribution in [0.2, 0.25) is 0 Å². The SMILES string of the molecule is CC(C)C(NC(=O)NC12CC3CC(CC(C3)C1)C2)C(=O)O. The molecule has 0 heterocycles. The monoisotopic (exact) mass is 294 g/mol. The summed E-state index contributed by atoms with van der Waals surface area (Å²) >= 11 is 0. The average Bonchev–Trinajstić information content (AvgIpc) is 2.32. The number of carbonyl (C=O) groups excluding carboxylic acids is 1. The van der Waals surface area contributed by atoms with E-state index in [0.29, 0.717) is 0 Å². The van der Waals surface area contributed by atoms with Crippen molar-refractivity contribution in [2.75, 3.05) is 0 Å². The molecule has 4 aliphatic rings. The largest absolute Gasteiger partial charge is 0.480 e. The first kappa shape index (κ1) is 14.7. The normalized spacial score (nSPS) is 38.3. The highest BCUT2D eigenvalue weighted by Gasteiger charge is 2.51. The van der Waals surface area contributed by atoms with Gasteiger partial charge in [-0.2, -0.15) is 0 Å². The van der Waals surface area contributed by atoms with Crippen molar-refractivity contribution >= 4 is 12.0 Å². The van der Waals surface area contributed by atoms with Crippen LogP contribution in [0.4, 0.5) is 4.79 Å². The predicted octanol–water partition coefficient (Wildman–Crippen LogP) is 2.36. The third kappa shape index (κ3) is 2.87. The number of carboxylic acids is 1. The molecular formula is C16H26N2O3. The van der Waals surface area contributed by atoms with Gasteiger partial charge in [0.2, 0.25) is 0 Å². The van der Waals surface area contributed by atoms with Gasteiger partial charge in [0.15, 0.2) is 0 Å². The fraction of sp³-hybridized carbons (Fsp3) is 0.875. The van der Waals surface area contributed by atoms with Gasteiger partial charge in [0.1, 0.15) is 6.04 Å². The zero-order valence-corrected chi connectivity index (χ0v) is 12.9. The molecule has 5 nitrogen and oxygen atoms in total. The molecule has 21 heavy (non-hydrogen) atoms. The van der Waals surface area contributed by atoms with Crippen LogP contribution in [0.5, 0.6) is 0 Å². The highest BCUT2D eigenvalue weighted by Crippen LogP contribution is 2.55. The van der Waals surface area contributed by atoms with E-state index in [1.807, 2.05) is 13.8 Å². The topological polar surface area (TPSA) is 78.4 Å². The summed E-state index contributed by atoms with van der Waals surface area (Å²) in [5.74, 6) is 1.20. The van der Waals surface area contributed by atoms with Crippen molar-refractivity contribution in [2.45, 2.75) is 64.0 Å². The van der Waals surface area contributed by atoms with E-state index in [0.717, 1.165) is 37.0 Å². The van der Waals surface area contributed by atoms with Gasteiger partial charge in [-0.05, 0) is 62.2 Å². The minimum absolute atomic E-state index is 0.0706. The average molecular weight is 294 g/mol. The number of carbonyl (C=O) groups is 2. The van der Waals surface area contributed by atoms with Crippen molar-refractivity contribution < 1.29 is 14.7 Å². The molecule has 3 N–H and O–H groups in total. The van der Waals surface area contributed by atoms with Gasteiger partial charge in [-0.15, -0.1) is 0 Å². The van der Waals surface area contributed by atoms with Crippen molar-refractivity contribution in [3.63, 3.8) is 0 Å². The predicted molar refractivity (Wildman–Crippen MR) is 78.8 cm³/mol. The first-order chi connectivity index (χ1) is 9.87. The molecule has 4 saturated carbocycles. The van der Waals surface area contributed by atoms with Crippen LogP contribution in [-0.2, 0) is 4.79 Å². The van der Waals surface area contributed by atoms with Crippen molar-refractivity contribution in [1.29, 1.82) is 0 Å². The third-order valence-electron chi connectivity index (χ3n) is 5.64. The van der Waals surface area contributed by atoms with E-state index in [2.05, 4.69) is 10.6 Å². The van der Waals surface area contributed by atoms with Gasteiger partial charge in [-0.1, -0.05) is 13.8 Å². The van der Waals surface area contributed by atoms with E-state index in [1.54, 1.807) is 0 Å². The number of urea groups is 1. The molecule has 5 heteroatoms. The highest BCUT2D eigenvalue weighted by molar-refractivity contribution is 5.83. The number of nitrogens with one attached hydrogen (secondary N) is 2. The fourth-order valence-electron chi connectivity index (χ4n) is 5.20. The minimum Gasteiger partial charge on any atom is -0.480 e. The summed E-state index contributed by atoms with van der Waals surface area (Å²) in [6, 6.07) is -1.13. The summed E-state index contributed by atoms with van der Waals surface area (Å²) in [6.45, 7) is 3.62. The lowest BCUT2D eigenvalue weighted by Crippen LogP contribution is -2.62. The molecule has 1 unspecified atom stereocenters. The summed E-state index contributed by atoms with van der Waals surface area (Å²) in [5, 5.41) is 15.0. The molecular weight excluding hydrogens is 268 g/mol. The molecule has 0 aromatic carbocycles. The number of carboxylic acid groups (broad SMARTS) is 1. The lowest BCUT2D eigenvalue weighted by Gasteiger charge is -2.56. The standard InChI is InChI=1S/C16H26N2O3/c1-9(2)13(14(19)20)17-15(21)18-16-6-10-3-11(7-16)5-12(4-10)8-16/h9-13H,3-8H2,1-2H3,(H,19,20)(H2,17,18,21). The Morgan fingerprint density at radius 2 is 1.52 bits per heavy atom. The molecule has 0 saturated heterocycles. The maximum atomic E-state index is 12.3. The van der Waals surface area contributed by atoms with Gasteiger partial charge >= 0.3 is 12.0 Å². The molecule has 4 fully saturated rings. The van der Waals surface area contributed by atoms with Gasteiger partial charge < -0.3 is 15.7 Å². The zero-order valence-electron chi connectivity index (χ0n) is 12.9. The maximum Gasteiger partial charge on any atom is 0.326 e. The second-order valence-electron chi connectivity index (χ2n) is 7.86. The van der Waals surface area contributed by atoms with E-state index in [1.165, 1.54) is 19.3 Å². The van der Waals surface area contributed by atoms with Gasteiger partial charge in [-0.3, -0.25) is 0 Å². The smallest absolute Gasteiger partial charge is 0.326 e. The second kappa shape index (κ2) is 5.18. The quantitative estimate of drug-likeness (QED) is 0.745. The Kier molecular flexibility index (Phi) is 3.62. The Balaban J connectivity index is 1.63. The first-order valence-corrected chi connectivity index (χ1v) is 8.18. The Hall–Kier alpha value is -1.26. The molecule has 2 amide bonds. The van der Waals surface area contributed by atoms with Crippen LogP contribution in [0.3, 0.4) is 0 Å². The molecule has 4 aliphatic carbocycles. The van der Waals surface area contributed by atoms with E-state index in [-0.39, 0.29) is 17.5 Å². The summed E-state index contributed by atoms with van der Waals surface area (Å²) in [5.41, 5.74) is -0.0706. The number of aliphatic carboxylic acids is 1. The van der Waals surface area contributed by atoms with Gasteiger partial charge in [0.25, 0.3) is 0 Å². The maximum absolute atomic E-state index is 12.3. The van der Waals surface area contributed by atoms with Crippen molar-refractivity contribution in [2.24, 2.45) is 23.7 Å². The van der Waals surface area contributed by atoms with Crippen molar-refractivity contribution in [3.05, 3.63) is 0 Å². The van der Waals surface area contributed by atoms with Crippen LogP contribution in [-0.4, -0.2) is 28.7 Å². The summed E-state index contributed by atoms with van der Waals surface area (Å²) in [6.07, 6.45) is 7.20. The van der Waals surface area contributed by atoms with Crippen LogP contribution in [0.1, 0.15) is 52.4 Å². The van der Waals surface area contributed by atoms with E-state index in [4.69, 9.17) is 0 Å². The van der Waals surface area contributed by atoms with Gasteiger partial charge in [0.05, 0.1) is 0 Å². The van der Waals surface area contributed by atoms with Gasteiger partial charge in [-0.25, -0.2) is 9.59 Å². The Morgan fingerprint density at radius 3 is 1.90 bits per heavy atom. The van der Waals surface area contributed by atoms with Crippen LogP contribution < -0.4 is 10.6 Å². The van der Waals surface area contributed by atoms with Crippen LogP contribution in [0, 0.1) is 23.7 Å². The molecule has 0 aromatic rings. The van der Waals surface area contributed by atoms with E-state index >= 15 is 0 Å². The fourth-order valence-corrected chi connectivity index (χ4v) is 5.20. The lowest BCUT2D eigenvalue weighted by atomic mass is 9.53. The van der Waals surface area contributed by atoms with Crippen molar-refractivity contribution in [1.82, 2.24) is 10.6 Å². The second-order valence-corrected chi connectivity index (χ2v) is 7.86. The molecule has 0 spiro atoms. The van der Waals surface area contributed by atoms with Crippen LogP contribution in [0.25, 0.3) is 0 Å². The Morgan fingerprint density at radius 1 is 1.05 bits per heavy atom. The molecule has 118 valence electrons. The number of rotatable bonds is 4. The molecule has 0 aliphatic heterocycles. The molecule has 0 aromatic heterocycles. The zero-order chi connectivity index (χ0) is 15.2. The lowest BCUT2D eigenvalue weighted by molar-refractivity contribution is -0.140. The summed E-state index contributed by atoms with van der Waals surface area (Å²) in [4.78, 5) is 23.5. The molecule has 0 radical (unpaired) electrons. The summed E-state index contributed by atoms with van der Waals surface area (Å²) in [7, 11) is 0. The van der Waals surface area contributed by atoms with Gasteiger partial charge in [0, 0.05) is 5.54 Å². The number of hydrogen-bond acceptors (Lipinski definition) is 2.